The van der Waals surface area contributed by atoms with E-state index in [-0.39, 0.29) is 0 Å². The maximum absolute atomic E-state index is 13.0. The van der Waals surface area contributed by atoms with Gasteiger partial charge in [0.05, 0.1) is 50.6 Å². The van der Waals surface area contributed by atoms with E-state index < -0.39 is 11.7 Å². The number of benzene rings is 3. The zero-order chi connectivity index (χ0) is 32.0. The number of hydrogen-bond donors (Lipinski definition) is 0. The van der Waals surface area contributed by atoms with E-state index in [0.717, 1.165) is 68.1 Å². The second kappa shape index (κ2) is 11.3. The molecule has 0 radical (unpaired) electrons. The smallest absolute Gasteiger partial charge is 0.292 e. The van der Waals surface area contributed by atoms with Crippen molar-refractivity contribution in [2.24, 2.45) is 0 Å². The molecule has 0 unspecified atom stereocenters. The summed E-state index contributed by atoms with van der Waals surface area (Å²) in [6.07, 6.45) is -2.56. The van der Waals surface area contributed by atoms with Crippen LogP contribution in [-0.2, 0) is 6.18 Å². The molecule has 226 valence electrons. The van der Waals surface area contributed by atoms with Crippen molar-refractivity contribution in [2.45, 2.75) is 6.18 Å². The van der Waals surface area contributed by atoms with Gasteiger partial charge in [0.2, 0.25) is 0 Å². The van der Waals surface area contributed by atoms with Crippen molar-refractivity contribution in [2.75, 3.05) is 0 Å². The maximum Gasteiger partial charge on any atom is 0.416 e. The minimum absolute atomic E-state index is 0.666. The Bertz CT molecular complexity index is 2340. The van der Waals surface area contributed by atoms with Crippen molar-refractivity contribution in [1.82, 2.24) is 24.5 Å². The number of fused-ring (bicyclic) bond motifs is 3. The Morgan fingerprint density at radius 3 is 1.66 bits per heavy atom. The highest BCUT2D eigenvalue weighted by Gasteiger charge is 2.30. The van der Waals surface area contributed by atoms with Crippen molar-refractivity contribution in [1.29, 1.82) is 0 Å². The molecule has 0 aliphatic heterocycles. The Morgan fingerprint density at radius 2 is 0.979 bits per heavy atom. The molecule has 0 saturated heterocycles. The largest absolute Gasteiger partial charge is 0.416 e. The van der Waals surface area contributed by atoms with Gasteiger partial charge < -0.3 is 0 Å². The van der Waals surface area contributed by atoms with Crippen LogP contribution >= 0.6 is 0 Å². The molecule has 3 aromatic carbocycles. The first-order valence-corrected chi connectivity index (χ1v) is 15.0. The molecular weight excluding hydrogens is 595 g/mol. The van der Waals surface area contributed by atoms with Crippen molar-refractivity contribution < 1.29 is 13.2 Å². The molecule has 0 amide bonds. The number of pyridine rings is 4. The van der Waals surface area contributed by atoms with E-state index in [1.165, 1.54) is 12.1 Å². The van der Waals surface area contributed by atoms with E-state index >= 15 is 0 Å². The zero-order valence-corrected chi connectivity index (χ0v) is 24.7. The summed E-state index contributed by atoms with van der Waals surface area (Å²) in [5.41, 5.74) is 8.30. The molecular formula is C39H24F3N5. The molecule has 5 aromatic heterocycles. The quantitative estimate of drug-likeness (QED) is 0.192. The van der Waals surface area contributed by atoms with Crippen molar-refractivity contribution >= 4 is 21.9 Å². The average molecular weight is 620 g/mol. The Hall–Kier alpha value is -6.15. The molecule has 5 nitrogen and oxygen atoms in total. The highest BCUT2D eigenvalue weighted by Crippen LogP contribution is 2.33. The first kappa shape index (κ1) is 28.3. The summed E-state index contributed by atoms with van der Waals surface area (Å²) in [5.74, 6) is 0.772. The van der Waals surface area contributed by atoms with E-state index in [9.17, 15) is 13.2 Å². The molecule has 8 heteroatoms. The summed E-state index contributed by atoms with van der Waals surface area (Å²) in [5, 5.41) is 1.07. The highest BCUT2D eigenvalue weighted by atomic mass is 19.4. The summed E-state index contributed by atoms with van der Waals surface area (Å²) < 4.78 is 41.0. The third-order valence-corrected chi connectivity index (χ3v) is 8.14. The SMILES string of the molecule is FC(F)(F)c1ccc(-c2ccc(-c3cccc(-c4cccc(-c5cccc(-n6c7ccccc7c7ncccc76)n5)n4)n3)cc2)cc1. The standard InChI is InChI=1S/C39H24F3N5/c40-39(41,42)28-22-20-26(21-23-28)25-16-18-27(19-17-25)30-8-3-9-31(44-30)32-10-4-11-33(45-32)34-12-5-15-37(46-34)47-35-13-2-1-7-29(35)38-36(47)14-6-24-43-38/h1-24H. The molecule has 0 spiro atoms. The molecule has 0 atom stereocenters. The molecule has 0 bridgehead atoms. The number of alkyl halides is 3. The van der Waals surface area contributed by atoms with E-state index in [4.69, 9.17) is 15.0 Å². The van der Waals surface area contributed by atoms with Gasteiger partial charge in [0, 0.05) is 17.1 Å². The van der Waals surface area contributed by atoms with Crippen LogP contribution in [0.25, 0.3) is 72.9 Å². The van der Waals surface area contributed by atoms with Gasteiger partial charge in [-0.25, -0.2) is 15.0 Å². The van der Waals surface area contributed by atoms with Gasteiger partial charge in [-0.2, -0.15) is 13.2 Å². The number of rotatable bonds is 5. The maximum atomic E-state index is 13.0. The number of halogens is 3. The van der Waals surface area contributed by atoms with Crippen LogP contribution in [0.4, 0.5) is 13.2 Å². The summed E-state index contributed by atoms with van der Waals surface area (Å²) >= 11 is 0. The Morgan fingerprint density at radius 1 is 0.447 bits per heavy atom. The molecule has 5 heterocycles. The van der Waals surface area contributed by atoms with Crippen LogP contribution in [0.3, 0.4) is 0 Å². The fourth-order valence-corrected chi connectivity index (χ4v) is 5.86. The van der Waals surface area contributed by atoms with Gasteiger partial charge in [-0.05, 0) is 77.9 Å². The van der Waals surface area contributed by atoms with Gasteiger partial charge in [-0.3, -0.25) is 9.55 Å². The van der Waals surface area contributed by atoms with Gasteiger partial charge in [0.1, 0.15) is 5.82 Å². The molecule has 0 aliphatic rings. The Balaban J connectivity index is 1.10. The minimum atomic E-state index is -4.36. The molecule has 0 saturated carbocycles. The van der Waals surface area contributed by atoms with Gasteiger partial charge in [-0.15, -0.1) is 0 Å². The van der Waals surface area contributed by atoms with Gasteiger partial charge >= 0.3 is 6.18 Å². The van der Waals surface area contributed by atoms with Crippen molar-refractivity contribution in [3.8, 4) is 51.0 Å². The van der Waals surface area contributed by atoms with E-state index in [0.29, 0.717) is 17.0 Å². The van der Waals surface area contributed by atoms with Gasteiger partial charge in [-0.1, -0.05) is 72.8 Å². The predicted octanol–water partition coefficient (Wildman–Crippen LogP) is 10.1. The predicted molar refractivity (Wildman–Crippen MR) is 179 cm³/mol. The highest BCUT2D eigenvalue weighted by molar-refractivity contribution is 6.06. The van der Waals surface area contributed by atoms with Gasteiger partial charge in [0.15, 0.2) is 0 Å². The fraction of sp³-hybridized carbons (Fsp3) is 0.0256. The average Bonchev–Trinajstić information content (AvgIpc) is 3.46. The third-order valence-electron chi connectivity index (χ3n) is 8.14. The third kappa shape index (κ3) is 5.29. The van der Waals surface area contributed by atoms with Crippen molar-refractivity contribution in [3.05, 3.63) is 151 Å². The number of hydrogen-bond acceptors (Lipinski definition) is 4. The lowest BCUT2D eigenvalue weighted by molar-refractivity contribution is -0.137. The summed E-state index contributed by atoms with van der Waals surface area (Å²) in [6, 6.07) is 42.4. The van der Waals surface area contributed by atoms with Crippen LogP contribution in [0, 0.1) is 0 Å². The van der Waals surface area contributed by atoms with E-state index in [1.807, 2.05) is 97.1 Å². The number of nitrogens with zero attached hydrogens (tertiary/aromatic N) is 5. The summed E-state index contributed by atoms with van der Waals surface area (Å²) in [4.78, 5) is 19.5. The lowest BCUT2D eigenvalue weighted by Crippen LogP contribution is -2.03. The summed E-state index contributed by atoms with van der Waals surface area (Å²) in [7, 11) is 0. The Labute approximate surface area is 267 Å². The Kier molecular flexibility index (Phi) is 6.83. The van der Waals surface area contributed by atoms with Crippen LogP contribution in [0.5, 0.6) is 0 Å². The molecule has 0 fully saturated rings. The first-order chi connectivity index (χ1) is 22.9. The van der Waals surface area contributed by atoms with Crippen LogP contribution < -0.4 is 0 Å². The van der Waals surface area contributed by atoms with Crippen LogP contribution in [0.1, 0.15) is 5.56 Å². The van der Waals surface area contributed by atoms with Crippen LogP contribution in [0.15, 0.2) is 146 Å². The van der Waals surface area contributed by atoms with E-state index in [1.54, 1.807) is 6.20 Å². The lowest BCUT2D eigenvalue weighted by Gasteiger charge is -2.10. The zero-order valence-electron chi connectivity index (χ0n) is 24.7. The summed E-state index contributed by atoms with van der Waals surface area (Å²) in [6.45, 7) is 0. The monoisotopic (exact) mass is 619 g/mol. The second-order valence-electron chi connectivity index (χ2n) is 11.1. The number of para-hydroxylation sites is 1. The second-order valence-corrected chi connectivity index (χ2v) is 11.1. The first-order valence-electron chi connectivity index (χ1n) is 15.0. The number of aromatic nitrogens is 5. The normalized spacial score (nSPS) is 11.7. The van der Waals surface area contributed by atoms with Crippen LogP contribution in [-0.4, -0.2) is 24.5 Å². The van der Waals surface area contributed by atoms with E-state index in [2.05, 4.69) is 27.8 Å². The fourth-order valence-electron chi connectivity index (χ4n) is 5.86. The van der Waals surface area contributed by atoms with Crippen molar-refractivity contribution in [3.63, 3.8) is 0 Å². The molecule has 8 aromatic rings. The molecule has 8 rings (SSSR count). The van der Waals surface area contributed by atoms with Crippen LogP contribution in [0.2, 0.25) is 0 Å². The minimum Gasteiger partial charge on any atom is -0.292 e. The lowest BCUT2D eigenvalue weighted by atomic mass is 10.0. The van der Waals surface area contributed by atoms with Gasteiger partial charge in [0.25, 0.3) is 0 Å². The topological polar surface area (TPSA) is 56.5 Å². The molecule has 0 aliphatic carbocycles. The molecule has 47 heavy (non-hydrogen) atoms. The molecule has 0 N–H and O–H groups in total.